The third-order valence-electron chi connectivity index (χ3n) is 4.33. The molecule has 0 radical (unpaired) electrons. The van der Waals surface area contributed by atoms with Crippen LogP contribution in [0.5, 0.6) is 0 Å². The first-order chi connectivity index (χ1) is 11.0. The highest BCUT2D eigenvalue weighted by molar-refractivity contribution is 9.10. The number of sulfonamides is 1. The van der Waals surface area contributed by atoms with Crippen molar-refractivity contribution in [3.63, 3.8) is 0 Å². The highest BCUT2D eigenvalue weighted by Crippen LogP contribution is 2.25. The highest BCUT2D eigenvalue weighted by atomic mass is 79.9. The van der Waals surface area contributed by atoms with Crippen molar-refractivity contribution < 1.29 is 8.42 Å². The van der Waals surface area contributed by atoms with Gasteiger partial charge in [-0.25, -0.2) is 13.1 Å². The van der Waals surface area contributed by atoms with Gasteiger partial charge in [0.15, 0.2) is 0 Å². The zero-order valence-corrected chi connectivity index (χ0v) is 15.5. The van der Waals surface area contributed by atoms with E-state index in [4.69, 9.17) is 0 Å². The van der Waals surface area contributed by atoms with Crippen molar-refractivity contribution in [3.05, 3.63) is 63.6 Å². The number of benzene rings is 2. The maximum absolute atomic E-state index is 12.5. The molecular weight excluding hydrogens is 374 g/mol. The molecule has 0 spiro atoms. The Morgan fingerprint density at radius 2 is 1.65 bits per heavy atom. The third kappa shape index (κ3) is 3.84. The minimum atomic E-state index is -3.52. The molecule has 122 valence electrons. The summed E-state index contributed by atoms with van der Waals surface area (Å²) in [7, 11) is -3.52. The standard InChI is InChI=1S/C18H20BrNO2S/c1-13(15-7-6-14-4-2-3-5-16(14)12-15)20-23(21,22)18-10-8-17(19)9-11-18/h6-13,20H,2-5H2,1H3/t13-/m1/s1. The van der Waals surface area contributed by atoms with E-state index in [0.29, 0.717) is 0 Å². The van der Waals surface area contributed by atoms with Crippen LogP contribution >= 0.6 is 15.9 Å². The summed E-state index contributed by atoms with van der Waals surface area (Å²) in [4.78, 5) is 0.283. The molecule has 0 aliphatic heterocycles. The Bertz CT molecular complexity index is 800. The SMILES string of the molecule is C[C@@H](NS(=O)(=O)c1ccc(Br)cc1)c1ccc2c(c1)CCCC2. The van der Waals surface area contributed by atoms with Gasteiger partial charge in [0.2, 0.25) is 10.0 Å². The fourth-order valence-corrected chi connectivity index (χ4v) is 4.50. The zero-order chi connectivity index (χ0) is 16.4. The Balaban J connectivity index is 1.80. The lowest BCUT2D eigenvalue weighted by Gasteiger charge is -2.20. The molecule has 1 atom stereocenters. The monoisotopic (exact) mass is 393 g/mol. The summed E-state index contributed by atoms with van der Waals surface area (Å²) in [5, 5.41) is 0. The van der Waals surface area contributed by atoms with Crippen LogP contribution in [0, 0.1) is 0 Å². The molecule has 0 unspecified atom stereocenters. The summed E-state index contributed by atoms with van der Waals surface area (Å²) < 4.78 is 28.6. The maximum atomic E-state index is 12.5. The Labute approximate surface area is 146 Å². The van der Waals surface area contributed by atoms with Crippen molar-refractivity contribution in [3.8, 4) is 0 Å². The van der Waals surface area contributed by atoms with Crippen LogP contribution in [0.25, 0.3) is 0 Å². The number of hydrogen-bond donors (Lipinski definition) is 1. The lowest BCUT2D eigenvalue weighted by molar-refractivity contribution is 0.566. The summed E-state index contributed by atoms with van der Waals surface area (Å²) in [6.45, 7) is 1.89. The van der Waals surface area contributed by atoms with Crippen LogP contribution in [-0.2, 0) is 22.9 Å². The van der Waals surface area contributed by atoms with E-state index < -0.39 is 10.0 Å². The quantitative estimate of drug-likeness (QED) is 0.837. The van der Waals surface area contributed by atoms with Gasteiger partial charge >= 0.3 is 0 Å². The lowest BCUT2D eigenvalue weighted by atomic mass is 9.89. The van der Waals surface area contributed by atoms with Crippen molar-refractivity contribution in [1.82, 2.24) is 4.72 Å². The van der Waals surface area contributed by atoms with Crippen molar-refractivity contribution in [1.29, 1.82) is 0 Å². The molecule has 0 amide bonds. The molecule has 0 bridgehead atoms. The third-order valence-corrected chi connectivity index (χ3v) is 6.41. The van der Waals surface area contributed by atoms with Crippen molar-refractivity contribution in [2.45, 2.75) is 43.5 Å². The normalized spacial score (nSPS) is 15.9. The molecule has 0 heterocycles. The first-order valence-corrected chi connectivity index (χ1v) is 10.1. The van der Waals surface area contributed by atoms with Gasteiger partial charge in [-0.2, -0.15) is 0 Å². The minimum Gasteiger partial charge on any atom is -0.207 e. The molecule has 0 saturated heterocycles. The predicted octanol–water partition coefficient (Wildman–Crippen LogP) is 4.37. The van der Waals surface area contributed by atoms with Gasteiger partial charge < -0.3 is 0 Å². The Morgan fingerprint density at radius 3 is 2.35 bits per heavy atom. The van der Waals surface area contributed by atoms with Crippen LogP contribution in [0.4, 0.5) is 0 Å². The fraction of sp³-hybridized carbons (Fsp3) is 0.333. The van der Waals surface area contributed by atoms with Crippen molar-refractivity contribution in [2.24, 2.45) is 0 Å². The molecule has 1 N–H and O–H groups in total. The van der Waals surface area contributed by atoms with Gasteiger partial charge in [0, 0.05) is 10.5 Å². The van der Waals surface area contributed by atoms with E-state index in [-0.39, 0.29) is 10.9 Å². The molecule has 2 aromatic carbocycles. The van der Waals surface area contributed by atoms with E-state index in [1.54, 1.807) is 24.3 Å². The Hall–Kier alpha value is -1.17. The highest BCUT2D eigenvalue weighted by Gasteiger charge is 2.19. The van der Waals surface area contributed by atoms with Gasteiger partial charge in [-0.3, -0.25) is 0 Å². The number of hydrogen-bond acceptors (Lipinski definition) is 2. The van der Waals surface area contributed by atoms with Crippen LogP contribution in [0.15, 0.2) is 51.8 Å². The number of aryl methyl sites for hydroxylation is 2. The van der Waals surface area contributed by atoms with Crippen LogP contribution in [0.3, 0.4) is 0 Å². The number of nitrogens with one attached hydrogen (secondary N) is 1. The summed E-state index contributed by atoms with van der Waals surface area (Å²) >= 11 is 3.32. The smallest absolute Gasteiger partial charge is 0.207 e. The maximum Gasteiger partial charge on any atom is 0.241 e. The molecule has 1 aliphatic carbocycles. The number of fused-ring (bicyclic) bond motifs is 1. The van der Waals surface area contributed by atoms with E-state index in [9.17, 15) is 8.42 Å². The summed E-state index contributed by atoms with van der Waals surface area (Å²) in [5.74, 6) is 0. The molecular formula is C18H20BrNO2S. The first-order valence-electron chi connectivity index (χ1n) is 7.85. The summed E-state index contributed by atoms with van der Waals surface area (Å²) in [5.41, 5.74) is 3.79. The minimum absolute atomic E-state index is 0.254. The second-order valence-electron chi connectivity index (χ2n) is 6.03. The molecule has 1 aliphatic rings. The summed E-state index contributed by atoms with van der Waals surface area (Å²) in [6, 6.07) is 12.8. The fourth-order valence-electron chi connectivity index (χ4n) is 3.01. The molecule has 3 rings (SSSR count). The van der Waals surface area contributed by atoms with Crippen molar-refractivity contribution >= 4 is 26.0 Å². The van der Waals surface area contributed by atoms with Gasteiger partial charge in [-0.15, -0.1) is 0 Å². The van der Waals surface area contributed by atoms with Crippen LogP contribution in [-0.4, -0.2) is 8.42 Å². The molecule has 3 nitrogen and oxygen atoms in total. The zero-order valence-electron chi connectivity index (χ0n) is 13.0. The number of rotatable bonds is 4. The van der Waals surface area contributed by atoms with E-state index in [1.165, 1.54) is 24.0 Å². The van der Waals surface area contributed by atoms with E-state index in [0.717, 1.165) is 22.9 Å². The molecule has 23 heavy (non-hydrogen) atoms. The second kappa shape index (κ2) is 6.75. The van der Waals surface area contributed by atoms with Gasteiger partial charge in [-0.05, 0) is 73.6 Å². The van der Waals surface area contributed by atoms with Crippen LogP contribution < -0.4 is 4.72 Å². The van der Waals surface area contributed by atoms with E-state index in [1.807, 2.05) is 13.0 Å². The lowest BCUT2D eigenvalue weighted by Crippen LogP contribution is -2.27. The van der Waals surface area contributed by atoms with Crippen molar-refractivity contribution in [2.75, 3.05) is 0 Å². The molecule has 0 fully saturated rings. The topological polar surface area (TPSA) is 46.2 Å². The summed E-state index contributed by atoms with van der Waals surface area (Å²) in [6.07, 6.45) is 4.69. The molecule has 2 aromatic rings. The average Bonchev–Trinajstić information content (AvgIpc) is 2.54. The molecule has 0 aromatic heterocycles. The van der Waals surface area contributed by atoms with Gasteiger partial charge in [0.1, 0.15) is 0 Å². The van der Waals surface area contributed by atoms with E-state index in [2.05, 4.69) is 32.8 Å². The van der Waals surface area contributed by atoms with Gasteiger partial charge in [0.25, 0.3) is 0 Å². The van der Waals surface area contributed by atoms with E-state index >= 15 is 0 Å². The predicted molar refractivity (Wildman–Crippen MR) is 96.0 cm³/mol. The van der Waals surface area contributed by atoms with Gasteiger partial charge in [0.05, 0.1) is 4.90 Å². The van der Waals surface area contributed by atoms with Gasteiger partial charge in [-0.1, -0.05) is 34.1 Å². The average molecular weight is 394 g/mol. The molecule has 0 saturated carbocycles. The Kier molecular flexibility index (Phi) is 4.90. The van der Waals surface area contributed by atoms with Crippen LogP contribution in [0.2, 0.25) is 0 Å². The molecule has 5 heteroatoms. The second-order valence-corrected chi connectivity index (χ2v) is 8.66. The number of halogens is 1. The Morgan fingerprint density at radius 1 is 1.00 bits per heavy atom. The largest absolute Gasteiger partial charge is 0.241 e. The van der Waals surface area contributed by atoms with Crippen LogP contribution in [0.1, 0.15) is 42.5 Å². The first kappa shape index (κ1) is 16.7.